The molecule has 18 heavy (non-hydrogen) atoms. The summed E-state index contributed by atoms with van der Waals surface area (Å²) in [6, 6.07) is 5.66. The van der Waals surface area contributed by atoms with Crippen molar-refractivity contribution in [2.24, 2.45) is 5.11 Å². The number of carbonyl (C=O) groups excluding carboxylic acids is 1. The van der Waals surface area contributed by atoms with Gasteiger partial charge in [-0.05, 0) is 37.1 Å². The fraction of sp³-hybridized carbons (Fsp3) is 0.333. The van der Waals surface area contributed by atoms with Crippen LogP contribution < -0.4 is 0 Å². The van der Waals surface area contributed by atoms with Crippen LogP contribution >= 0.6 is 0 Å². The monoisotopic (exact) mass is 246 g/mol. The number of nitriles is 1. The van der Waals surface area contributed by atoms with Crippen LogP contribution in [0.5, 0.6) is 0 Å². The molecule has 0 fully saturated rings. The number of hydrogen-bond donors (Lipinski definition) is 0. The molecule has 0 heterocycles. The first kappa shape index (κ1) is 13.7. The molecule has 0 bridgehead atoms. The SMILES string of the molecule is CC(C)(C(=O)CN=[N+]=[N-])c1ccc(F)c(C#N)c1. The first-order valence-corrected chi connectivity index (χ1v) is 5.17. The van der Waals surface area contributed by atoms with Crippen LogP contribution in [0.1, 0.15) is 25.0 Å². The topological polar surface area (TPSA) is 89.6 Å². The highest BCUT2D eigenvalue weighted by atomic mass is 19.1. The van der Waals surface area contributed by atoms with Crippen molar-refractivity contribution in [1.82, 2.24) is 0 Å². The Bertz CT molecular complexity index is 568. The zero-order valence-electron chi connectivity index (χ0n) is 10.0. The Hall–Kier alpha value is -2.38. The highest BCUT2D eigenvalue weighted by molar-refractivity contribution is 5.91. The highest BCUT2D eigenvalue weighted by Crippen LogP contribution is 2.26. The third-order valence-corrected chi connectivity index (χ3v) is 2.78. The van der Waals surface area contributed by atoms with E-state index in [1.807, 2.05) is 0 Å². The average molecular weight is 246 g/mol. The molecule has 0 aliphatic rings. The predicted octanol–water partition coefficient (Wildman–Crippen LogP) is 2.85. The maximum atomic E-state index is 13.2. The van der Waals surface area contributed by atoms with E-state index in [0.717, 1.165) is 6.07 Å². The van der Waals surface area contributed by atoms with Gasteiger partial charge in [-0.2, -0.15) is 5.26 Å². The summed E-state index contributed by atoms with van der Waals surface area (Å²) >= 11 is 0. The molecule has 0 amide bonds. The molecule has 0 unspecified atom stereocenters. The van der Waals surface area contributed by atoms with Crippen LogP contribution in [0.2, 0.25) is 0 Å². The van der Waals surface area contributed by atoms with Gasteiger partial charge in [-0.15, -0.1) is 0 Å². The Kier molecular flexibility index (Phi) is 4.03. The van der Waals surface area contributed by atoms with Crippen molar-refractivity contribution in [3.63, 3.8) is 0 Å². The molecule has 92 valence electrons. The molecule has 0 atom stereocenters. The molecular weight excluding hydrogens is 235 g/mol. The number of nitrogens with zero attached hydrogens (tertiary/aromatic N) is 4. The van der Waals surface area contributed by atoms with E-state index in [0.29, 0.717) is 5.56 Å². The quantitative estimate of drug-likeness (QED) is 0.464. The zero-order chi connectivity index (χ0) is 13.8. The summed E-state index contributed by atoms with van der Waals surface area (Å²) in [7, 11) is 0. The van der Waals surface area contributed by atoms with Crippen molar-refractivity contribution >= 4 is 5.78 Å². The average Bonchev–Trinajstić information content (AvgIpc) is 2.36. The fourth-order valence-electron chi connectivity index (χ4n) is 1.45. The van der Waals surface area contributed by atoms with Gasteiger partial charge in [0, 0.05) is 10.3 Å². The van der Waals surface area contributed by atoms with Gasteiger partial charge in [-0.1, -0.05) is 11.2 Å². The summed E-state index contributed by atoms with van der Waals surface area (Å²) in [5, 5.41) is 12.0. The second-order valence-corrected chi connectivity index (χ2v) is 4.24. The number of halogens is 1. The largest absolute Gasteiger partial charge is 0.299 e. The molecule has 0 aromatic heterocycles. The normalized spacial score (nSPS) is 10.3. The van der Waals surface area contributed by atoms with Gasteiger partial charge < -0.3 is 0 Å². The molecule has 1 aromatic carbocycles. The van der Waals surface area contributed by atoms with Crippen LogP contribution in [0, 0.1) is 17.1 Å². The Labute approximate surface area is 103 Å². The highest BCUT2D eigenvalue weighted by Gasteiger charge is 2.29. The molecule has 1 aromatic rings. The third kappa shape index (κ3) is 2.65. The maximum Gasteiger partial charge on any atom is 0.148 e. The van der Waals surface area contributed by atoms with E-state index in [2.05, 4.69) is 10.0 Å². The Morgan fingerprint density at radius 2 is 2.28 bits per heavy atom. The van der Waals surface area contributed by atoms with Crippen molar-refractivity contribution in [3.05, 3.63) is 45.6 Å². The van der Waals surface area contributed by atoms with E-state index in [-0.39, 0.29) is 17.9 Å². The minimum Gasteiger partial charge on any atom is -0.299 e. The number of carbonyl (C=O) groups is 1. The lowest BCUT2D eigenvalue weighted by atomic mass is 9.80. The first-order valence-electron chi connectivity index (χ1n) is 5.17. The number of Topliss-reactive ketones (excluding diaryl/α,β-unsaturated/α-hetero) is 1. The Balaban J connectivity index is 3.16. The van der Waals surface area contributed by atoms with Crippen LogP contribution in [0.3, 0.4) is 0 Å². The summed E-state index contributed by atoms with van der Waals surface area (Å²) in [5.41, 5.74) is 7.65. The lowest BCUT2D eigenvalue weighted by molar-refractivity contribution is -0.122. The summed E-state index contributed by atoms with van der Waals surface area (Å²) in [6.45, 7) is 3.00. The molecule has 0 radical (unpaired) electrons. The summed E-state index contributed by atoms with van der Waals surface area (Å²) in [5.74, 6) is -0.921. The van der Waals surface area contributed by atoms with Gasteiger partial charge >= 0.3 is 0 Å². The summed E-state index contributed by atoms with van der Waals surface area (Å²) in [6.07, 6.45) is 0. The van der Waals surface area contributed by atoms with E-state index in [4.69, 9.17) is 10.8 Å². The summed E-state index contributed by atoms with van der Waals surface area (Å²) in [4.78, 5) is 14.4. The number of benzene rings is 1. The van der Waals surface area contributed by atoms with Crippen LogP contribution in [-0.2, 0) is 10.2 Å². The molecule has 0 N–H and O–H groups in total. The molecule has 6 heteroatoms. The van der Waals surface area contributed by atoms with Crippen molar-refractivity contribution in [2.75, 3.05) is 6.54 Å². The standard InChI is InChI=1S/C12H11FN4O/c1-12(2,11(18)7-16-17-15)9-3-4-10(13)8(5-9)6-14/h3-5H,7H2,1-2H3. The lowest BCUT2D eigenvalue weighted by Crippen LogP contribution is -2.31. The van der Waals surface area contributed by atoms with Gasteiger partial charge in [0.15, 0.2) is 0 Å². The molecule has 0 aliphatic heterocycles. The van der Waals surface area contributed by atoms with Crippen molar-refractivity contribution in [2.45, 2.75) is 19.3 Å². The van der Waals surface area contributed by atoms with Crippen molar-refractivity contribution in [3.8, 4) is 6.07 Å². The Morgan fingerprint density at radius 3 is 2.83 bits per heavy atom. The molecule has 0 saturated carbocycles. The van der Waals surface area contributed by atoms with Gasteiger partial charge in [-0.3, -0.25) is 4.79 Å². The molecule has 5 nitrogen and oxygen atoms in total. The fourth-order valence-corrected chi connectivity index (χ4v) is 1.45. The first-order chi connectivity index (χ1) is 8.43. The molecule has 0 aliphatic carbocycles. The molecule has 0 saturated heterocycles. The van der Waals surface area contributed by atoms with E-state index < -0.39 is 11.2 Å². The van der Waals surface area contributed by atoms with Gasteiger partial charge in [0.1, 0.15) is 17.7 Å². The van der Waals surface area contributed by atoms with E-state index in [1.54, 1.807) is 19.9 Å². The zero-order valence-corrected chi connectivity index (χ0v) is 10.0. The smallest absolute Gasteiger partial charge is 0.148 e. The minimum atomic E-state index is -0.937. The Morgan fingerprint density at radius 1 is 1.61 bits per heavy atom. The third-order valence-electron chi connectivity index (χ3n) is 2.78. The van der Waals surface area contributed by atoms with Crippen molar-refractivity contribution in [1.29, 1.82) is 5.26 Å². The maximum absolute atomic E-state index is 13.2. The van der Waals surface area contributed by atoms with Crippen LogP contribution in [0.25, 0.3) is 10.4 Å². The molecule has 0 spiro atoms. The van der Waals surface area contributed by atoms with Crippen LogP contribution in [0.4, 0.5) is 4.39 Å². The van der Waals surface area contributed by atoms with E-state index in [9.17, 15) is 9.18 Å². The molecular formula is C12H11FN4O. The second kappa shape index (κ2) is 5.30. The number of ketones is 1. The van der Waals surface area contributed by atoms with Gasteiger partial charge in [-0.25, -0.2) is 4.39 Å². The predicted molar refractivity (Wildman–Crippen MR) is 63.2 cm³/mol. The van der Waals surface area contributed by atoms with E-state index in [1.165, 1.54) is 12.1 Å². The lowest BCUT2D eigenvalue weighted by Gasteiger charge is -2.23. The van der Waals surface area contributed by atoms with Crippen LogP contribution in [-0.4, -0.2) is 12.3 Å². The molecule has 1 rings (SSSR count). The van der Waals surface area contributed by atoms with Gasteiger partial charge in [0.25, 0.3) is 0 Å². The second-order valence-electron chi connectivity index (χ2n) is 4.24. The number of azide groups is 1. The van der Waals surface area contributed by atoms with Gasteiger partial charge in [0.2, 0.25) is 0 Å². The van der Waals surface area contributed by atoms with Gasteiger partial charge in [0.05, 0.1) is 12.1 Å². The van der Waals surface area contributed by atoms with Crippen molar-refractivity contribution < 1.29 is 9.18 Å². The number of hydrogen-bond acceptors (Lipinski definition) is 3. The summed E-state index contributed by atoms with van der Waals surface area (Å²) < 4.78 is 13.2. The minimum absolute atomic E-state index is 0.114. The number of rotatable bonds is 4. The van der Waals surface area contributed by atoms with E-state index >= 15 is 0 Å². The van der Waals surface area contributed by atoms with Crippen LogP contribution in [0.15, 0.2) is 23.3 Å².